The van der Waals surface area contributed by atoms with Gasteiger partial charge in [0.1, 0.15) is 126 Å². The number of aromatic amines is 1. The van der Waals surface area contributed by atoms with Gasteiger partial charge in [0.15, 0.2) is 12.4 Å². The number of cyclic esters (lactones) is 2. The van der Waals surface area contributed by atoms with E-state index in [2.05, 4.69) is 58.4 Å². The summed E-state index contributed by atoms with van der Waals surface area (Å²) in [6.45, 7) is 8.08. The van der Waals surface area contributed by atoms with Crippen molar-refractivity contribution in [3.8, 4) is 27.7 Å². The first-order valence-corrected chi connectivity index (χ1v) is 33.9. The number of hydrogen-bond acceptors (Lipinski definition) is 29. The summed E-state index contributed by atoms with van der Waals surface area (Å²) < 4.78 is 37.6. The number of nitrogens with one attached hydrogen (secondary N) is 7. The van der Waals surface area contributed by atoms with Gasteiger partial charge in [-0.3, -0.25) is 33.8 Å². The minimum absolute atomic E-state index is 0.00430. The van der Waals surface area contributed by atoms with Crippen LogP contribution in [0.3, 0.4) is 0 Å². The summed E-state index contributed by atoms with van der Waals surface area (Å²) >= 11 is 4.77. The maximum atomic E-state index is 15.1. The molecular formula is C60H60N14O17S5. The third kappa shape index (κ3) is 13.4. The van der Waals surface area contributed by atoms with Crippen LogP contribution in [0.15, 0.2) is 68.8 Å². The van der Waals surface area contributed by atoms with Crippen molar-refractivity contribution >= 4 is 126 Å². The number of methoxy groups -OCH3 is 1. The molecule has 0 spiro atoms. The van der Waals surface area contributed by atoms with Crippen LogP contribution in [0, 0.1) is 0 Å². The van der Waals surface area contributed by atoms with Gasteiger partial charge in [-0.05, 0) is 52.4 Å². The number of likely N-dealkylation sites (N-methyl/N-ethyl adjacent to an activating group) is 1. The van der Waals surface area contributed by atoms with E-state index in [0.717, 1.165) is 57.1 Å². The number of aliphatic hydroxyl groups is 2. The number of nitrogens with zero attached hydrogens (tertiary/aromatic N) is 6. The Hall–Kier alpha value is -8.95. The fraction of sp³-hybridized carbons (Fsp3) is 0.367. The molecule has 12 N–H and O–H groups in total. The summed E-state index contributed by atoms with van der Waals surface area (Å²) in [6, 6.07) is 0.147. The van der Waals surface area contributed by atoms with E-state index in [-0.39, 0.29) is 112 Å². The molecule has 5 aliphatic rings. The van der Waals surface area contributed by atoms with E-state index in [9.17, 15) is 44.1 Å². The van der Waals surface area contributed by atoms with Crippen LogP contribution < -0.4 is 37.6 Å². The molecule has 11 atom stereocenters. The second kappa shape index (κ2) is 27.3. The Morgan fingerprint density at radius 1 is 0.885 bits per heavy atom. The van der Waals surface area contributed by atoms with E-state index in [4.69, 9.17) is 49.1 Å². The molecule has 502 valence electrons. The topological polar surface area (TPSA) is 443 Å². The van der Waals surface area contributed by atoms with Crippen LogP contribution >= 0.6 is 57.1 Å². The van der Waals surface area contributed by atoms with Crippen molar-refractivity contribution < 1.29 is 82.1 Å². The molecule has 0 saturated carbocycles. The molecule has 1 saturated heterocycles. The maximum Gasteiger partial charge on any atom is 0.355 e. The molecule has 7 aromatic rings. The van der Waals surface area contributed by atoms with Crippen molar-refractivity contribution in [3.63, 3.8) is 0 Å². The molecule has 1 aromatic carbocycles. The summed E-state index contributed by atoms with van der Waals surface area (Å²) in [7, 11) is 2.97. The van der Waals surface area contributed by atoms with Gasteiger partial charge in [0, 0.05) is 55.7 Å². The van der Waals surface area contributed by atoms with Gasteiger partial charge in [-0.15, -0.1) is 57.1 Å². The van der Waals surface area contributed by atoms with Crippen molar-refractivity contribution in [2.45, 2.75) is 114 Å². The fourth-order valence-corrected chi connectivity index (χ4v) is 15.8. The highest BCUT2D eigenvalue weighted by molar-refractivity contribution is 8.14. The first kappa shape index (κ1) is 67.0. The number of aliphatic hydroxyl groups excluding tert-OH is 1. The monoisotopic (exact) mass is 1410 g/mol. The lowest BCUT2D eigenvalue weighted by Crippen LogP contribution is -2.61. The largest absolute Gasteiger partial charge is 0.506 e. The summed E-state index contributed by atoms with van der Waals surface area (Å²) in [4.78, 5) is 145. The van der Waals surface area contributed by atoms with E-state index in [1.807, 2.05) is 0 Å². The smallest absolute Gasteiger partial charge is 0.355 e. The van der Waals surface area contributed by atoms with E-state index in [1.165, 1.54) is 43.2 Å². The first-order chi connectivity index (χ1) is 45.9. The van der Waals surface area contributed by atoms with Crippen LogP contribution in [0.5, 0.6) is 5.75 Å². The number of H-pyrrole nitrogens is 1. The number of thioether (sulfide) groups is 1. The van der Waals surface area contributed by atoms with Crippen LogP contribution in [0.2, 0.25) is 0 Å². The molecule has 6 aromatic heterocycles. The Kier molecular flexibility index (Phi) is 19.1. The highest BCUT2D eigenvalue weighted by Crippen LogP contribution is 2.42. The number of allylic oxidation sites excluding steroid dienone is 1. The van der Waals surface area contributed by atoms with E-state index in [1.54, 1.807) is 44.5 Å². The van der Waals surface area contributed by atoms with Crippen molar-refractivity contribution in [1.29, 1.82) is 0 Å². The number of aromatic hydroxyl groups is 1. The first-order valence-electron chi connectivity index (χ1n) is 29.4. The van der Waals surface area contributed by atoms with E-state index >= 15 is 9.59 Å². The number of rotatable bonds is 9. The van der Waals surface area contributed by atoms with E-state index < -0.39 is 133 Å². The van der Waals surface area contributed by atoms with Crippen LogP contribution in [-0.4, -0.2) is 179 Å². The Bertz CT molecular complexity index is 4400. The second-order valence-electron chi connectivity index (χ2n) is 22.8. The Labute approximate surface area is 564 Å². The minimum Gasteiger partial charge on any atom is -0.506 e. The minimum atomic E-state index is -1.85. The van der Waals surface area contributed by atoms with Crippen LogP contribution in [0.4, 0.5) is 0 Å². The Balaban J connectivity index is 1.03. The number of thiazole rings is 4. The number of carbonyl (C=O) groups excluding carboxylic acids is 8. The molecule has 36 heteroatoms. The number of carbonyl (C=O) groups is 8. The number of pyridine rings is 1. The lowest BCUT2D eigenvalue weighted by Gasteiger charge is -2.45. The van der Waals surface area contributed by atoms with Crippen molar-refractivity contribution in [2.24, 2.45) is 10.7 Å². The van der Waals surface area contributed by atoms with Gasteiger partial charge in [-0.25, -0.2) is 34.5 Å². The van der Waals surface area contributed by atoms with E-state index in [0.29, 0.717) is 16.5 Å². The highest BCUT2D eigenvalue weighted by atomic mass is 32.2. The van der Waals surface area contributed by atoms with Gasteiger partial charge in [-0.2, -0.15) is 0 Å². The standard InChI is InChI=1S/C60H60N14O17S5/c1-21(47(61)77)63-48(78)31-18-95-56(69-31)42-35(76)11-26-40(71-42)30-16-93-54(66-30)29-15-89-58(83)41-27-14-87-44(45(91-36-12-60(5,85)46(62-6)24(4)90-36)59(84)88-13-25-9-8-10-28(64-41)37(25)27)43(57-70-32(19-96-57)49(79)65-29)74-51(81)34-20-94-55(68-34)39(23(3)86-7)73-52(82)38(22(2)75)72-50(80)33-17-92-53(26)67-33/h8-11,16-17,19-20,22,24,29,31,36,38,43-46,62,64,75-76,85H,1,12-15,18H2,2-7H3,(H2,61,77)(H,63,78)(H,65,79)(H,72,80)(H,73,82)(H,74,81)/b39-23+/t22-,24+,29+,31?,36+,38+,43+,44?,45+,46-,60+/m1/s1. The summed E-state index contributed by atoms with van der Waals surface area (Å²) in [5.41, 5.74) is 3.72. The molecule has 0 aliphatic carbocycles. The average Bonchev–Trinajstić information content (AvgIpc) is 1.52. The number of esters is 2. The van der Waals surface area contributed by atoms with Gasteiger partial charge < -0.3 is 86.4 Å². The molecule has 5 aliphatic heterocycles. The van der Waals surface area contributed by atoms with Crippen LogP contribution in [0.25, 0.3) is 38.6 Å². The lowest BCUT2D eigenvalue weighted by molar-refractivity contribution is -0.272. The van der Waals surface area contributed by atoms with Gasteiger partial charge in [0.25, 0.3) is 23.6 Å². The number of hydrogen-bond donors (Lipinski definition) is 11. The number of benzene rings is 1. The maximum absolute atomic E-state index is 15.1. The predicted molar refractivity (Wildman–Crippen MR) is 347 cm³/mol. The number of primary amides is 1. The van der Waals surface area contributed by atoms with Crippen molar-refractivity contribution in [1.82, 2.24) is 61.8 Å². The Morgan fingerprint density at radius 3 is 2.30 bits per heavy atom. The zero-order valence-electron chi connectivity index (χ0n) is 51.5. The zero-order chi connectivity index (χ0) is 68.2. The van der Waals surface area contributed by atoms with Gasteiger partial charge in [0.2, 0.25) is 11.8 Å². The molecule has 2 unspecified atom stereocenters. The molecule has 31 nitrogen and oxygen atoms in total. The molecule has 12 rings (SSSR count). The molecule has 96 heavy (non-hydrogen) atoms. The third-order valence-corrected chi connectivity index (χ3v) is 20.9. The highest BCUT2D eigenvalue weighted by Gasteiger charge is 2.49. The van der Waals surface area contributed by atoms with Crippen LogP contribution in [-0.2, 0) is 60.8 Å². The average molecular weight is 1410 g/mol. The summed E-state index contributed by atoms with van der Waals surface area (Å²) in [5.74, 6) is -7.57. The zero-order valence-corrected chi connectivity index (χ0v) is 55.6. The molecule has 0 radical (unpaired) electrons. The molecule has 12 bridgehead atoms. The Morgan fingerprint density at radius 2 is 1.57 bits per heavy atom. The van der Waals surface area contributed by atoms with Gasteiger partial charge in [0.05, 0.1) is 43.3 Å². The quantitative estimate of drug-likeness (QED) is 0.0562. The molecule has 6 amide bonds. The van der Waals surface area contributed by atoms with Crippen molar-refractivity contribution in [2.75, 3.05) is 26.5 Å². The van der Waals surface area contributed by atoms with Crippen molar-refractivity contribution in [3.05, 3.63) is 118 Å². The van der Waals surface area contributed by atoms with Gasteiger partial charge >= 0.3 is 11.9 Å². The predicted octanol–water partition coefficient (Wildman–Crippen LogP) is 2.96. The van der Waals surface area contributed by atoms with Gasteiger partial charge in [-0.1, -0.05) is 18.7 Å². The second-order valence-corrected chi connectivity index (χ2v) is 27.3. The number of aromatic nitrogens is 6. The molecule has 1 fully saturated rings. The number of nitrogens with two attached hydrogens (primary N) is 1. The normalized spacial score (nSPS) is 25.8. The number of ether oxygens (including phenoxy) is 6. The molecule has 11 heterocycles. The number of aliphatic imine (C=N–C) groups is 1. The SMILES string of the molecule is C=C(NC(=O)C1CSC(c2nc3c(cc2O)-c2nc(cs2)C(=O)N[C@@H]([C@@H](C)O)C(=O)N/C(=C(\C)OC)c2nc(cs2)C(=O)N[C@@H]2c4nc(cs4)C(=O)N[C@@H](COC(=O)c4[nH]c5cccc6c5c4COC2[C@H](O[C@H]2C[C@](C)(O)[C@H](NC)[C@H](C)O2)C(=O)OC6)c2nc-3cs2)=N1)C(N)=O. The number of fused-ring (bicyclic) bond motifs is 15. The third-order valence-electron chi connectivity index (χ3n) is 16.2. The summed E-state index contributed by atoms with van der Waals surface area (Å²) in [6.07, 6.45) is -7.31. The number of amides is 6. The lowest BCUT2D eigenvalue weighted by atomic mass is 9.86. The molecular weight excluding hydrogens is 1350 g/mol. The van der Waals surface area contributed by atoms with Crippen LogP contribution in [0.1, 0.15) is 120 Å². The fourth-order valence-electron chi connectivity index (χ4n) is 11.4. The summed E-state index contributed by atoms with van der Waals surface area (Å²) in [5, 5.41) is 57.6.